The number of carboxylic acids is 1. The van der Waals surface area contributed by atoms with E-state index in [1.165, 1.54) is 36.4 Å². The fraction of sp³-hybridized carbons (Fsp3) is 0. The van der Waals surface area contributed by atoms with Gasteiger partial charge >= 0.3 is 0 Å². The summed E-state index contributed by atoms with van der Waals surface area (Å²) in [6.45, 7) is 0. The second-order valence-electron chi connectivity index (χ2n) is 3.85. The van der Waals surface area contributed by atoms with Gasteiger partial charge in [-0.1, -0.05) is 12.1 Å². The van der Waals surface area contributed by atoms with Crippen molar-refractivity contribution in [2.45, 2.75) is 0 Å². The molecule has 0 fully saturated rings. The van der Waals surface area contributed by atoms with E-state index in [1.54, 1.807) is 6.07 Å². The van der Waals surface area contributed by atoms with Crippen molar-refractivity contribution >= 4 is 5.97 Å². The van der Waals surface area contributed by atoms with Crippen LogP contribution in [0.1, 0.15) is 21.5 Å². The monoisotopic (exact) mass is 263 g/mol. The number of nitriles is 2. The molecule has 0 atom stereocenters. The Morgan fingerprint density at radius 1 is 1.00 bits per heavy atom. The van der Waals surface area contributed by atoms with Gasteiger partial charge < -0.3 is 14.6 Å². The molecule has 20 heavy (non-hydrogen) atoms. The number of carbonyl (C=O) groups is 1. The molecule has 0 radical (unpaired) electrons. The highest BCUT2D eigenvalue weighted by molar-refractivity contribution is 5.86. The van der Waals surface area contributed by atoms with Crippen LogP contribution >= 0.6 is 0 Å². The summed E-state index contributed by atoms with van der Waals surface area (Å²) in [7, 11) is 0. The first kappa shape index (κ1) is 13.1. The van der Waals surface area contributed by atoms with Gasteiger partial charge in [0.2, 0.25) is 0 Å². The van der Waals surface area contributed by atoms with Gasteiger partial charge in [-0.25, -0.2) is 0 Å². The van der Waals surface area contributed by atoms with Gasteiger partial charge in [-0.2, -0.15) is 10.5 Å². The fourth-order valence-corrected chi connectivity index (χ4v) is 1.60. The summed E-state index contributed by atoms with van der Waals surface area (Å²) in [4.78, 5) is 10.7. The van der Waals surface area contributed by atoms with Crippen LogP contribution in [-0.4, -0.2) is 5.97 Å². The topological polar surface area (TPSA) is 96.9 Å². The molecule has 5 nitrogen and oxygen atoms in total. The molecule has 2 aromatic rings. The van der Waals surface area contributed by atoms with Crippen LogP contribution in [0.4, 0.5) is 0 Å². The Morgan fingerprint density at radius 2 is 1.70 bits per heavy atom. The van der Waals surface area contributed by atoms with Crippen LogP contribution in [0, 0.1) is 22.7 Å². The van der Waals surface area contributed by atoms with E-state index >= 15 is 0 Å². The Bertz CT molecular complexity index is 754. The first-order chi connectivity index (χ1) is 9.63. The normalized spacial score (nSPS) is 9.30. The number of hydrogen-bond donors (Lipinski definition) is 0. The smallest absolute Gasteiger partial charge is 0.128 e. The van der Waals surface area contributed by atoms with Gasteiger partial charge in [0.05, 0.1) is 17.1 Å². The zero-order chi connectivity index (χ0) is 14.5. The SMILES string of the molecule is N#Cc1ccc(Oc2cccc(C(=O)[O-])c2)cc1C#N. The number of nitrogens with zero attached hydrogens (tertiary/aromatic N) is 2. The van der Waals surface area contributed by atoms with E-state index in [4.69, 9.17) is 15.3 Å². The molecule has 0 aliphatic rings. The number of rotatable bonds is 3. The Labute approximate surface area is 114 Å². The van der Waals surface area contributed by atoms with Gasteiger partial charge in [-0.3, -0.25) is 0 Å². The van der Waals surface area contributed by atoms with Crippen molar-refractivity contribution in [1.29, 1.82) is 10.5 Å². The average molecular weight is 263 g/mol. The van der Waals surface area contributed by atoms with E-state index in [2.05, 4.69) is 0 Å². The van der Waals surface area contributed by atoms with Crippen molar-refractivity contribution < 1.29 is 14.6 Å². The molecule has 0 unspecified atom stereocenters. The molecule has 0 aromatic heterocycles. The lowest BCUT2D eigenvalue weighted by Gasteiger charge is -2.08. The Hall–Kier alpha value is -3.31. The number of carboxylic acid groups (broad SMARTS) is 1. The van der Waals surface area contributed by atoms with E-state index < -0.39 is 5.97 Å². The minimum absolute atomic E-state index is 0.00310. The van der Waals surface area contributed by atoms with Crippen LogP contribution < -0.4 is 9.84 Å². The van der Waals surface area contributed by atoms with Crippen LogP contribution in [0.15, 0.2) is 42.5 Å². The Morgan fingerprint density at radius 3 is 2.35 bits per heavy atom. The highest BCUT2D eigenvalue weighted by atomic mass is 16.5. The molecular formula is C15H7N2O3-. The van der Waals surface area contributed by atoms with Crippen molar-refractivity contribution in [1.82, 2.24) is 0 Å². The lowest BCUT2D eigenvalue weighted by molar-refractivity contribution is -0.255. The van der Waals surface area contributed by atoms with Gasteiger partial charge in [0, 0.05) is 5.56 Å². The van der Waals surface area contributed by atoms with E-state index in [0.717, 1.165) is 0 Å². The van der Waals surface area contributed by atoms with Gasteiger partial charge in [0.15, 0.2) is 0 Å². The van der Waals surface area contributed by atoms with E-state index in [-0.39, 0.29) is 16.7 Å². The van der Waals surface area contributed by atoms with Gasteiger partial charge in [-0.05, 0) is 30.3 Å². The maximum Gasteiger partial charge on any atom is 0.128 e. The zero-order valence-corrected chi connectivity index (χ0v) is 10.2. The van der Waals surface area contributed by atoms with Crippen LogP contribution in [0.3, 0.4) is 0 Å². The largest absolute Gasteiger partial charge is 0.545 e. The summed E-state index contributed by atoms with van der Waals surface area (Å²) in [5.74, 6) is -0.649. The third kappa shape index (κ3) is 2.74. The third-order valence-electron chi connectivity index (χ3n) is 2.54. The van der Waals surface area contributed by atoms with Crippen LogP contribution in [0.2, 0.25) is 0 Å². The molecule has 0 amide bonds. The predicted octanol–water partition coefficient (Wildman–Crippen LogP) is 1.59. The van der Waals surface area contributed by atoms with E-state index in [0.29, 0.717) is 11.5 Å². The molecule has 2 aromatic carbocycles. The first-order valence-electron chi connectivity index (χ1n) is 5.57. The maximum atomic E-state index is 10.7. The molecule has 0 aliphatic heterocycles. The standard InChI is InChI=1S/C15H8N2O3/c16-8-11-4-5-14(7-12(11)9-17)20-13-3-1-2-10(6-13)15(18)19/h1-7H,(H,18,19)/p-1. The number of carbonyl (C=O) groups excluding carboxylic acids is 1. The number of ether oxygens (including phenoxy) is 1. The molecule has 5 heteroatoms. The number of hydrogen-bond acceptors (Lipinski definition) is 5. The predicted molar refractivity (Wildman–Crippen MR) is 66.7 cm³/mol. The molecular weight excluding hydrogens is 256 g/mol. The number of benzene rings is 2. The molecule has 0 aliphatic carbocycles. The first-order valence-corrected chi connectivity index (χ1v) is 5.57. The number of aromatic carboxylic acids is 1. The molecule has 0 heterocycles. The highest BCUT2D eigenvalue weighted by Gasteiger charge is 2.05. The second kappa shape index (κ2) is 5.55. The zero-order valence-electron chi connectivity index (χ0n) is 10.2. The summed E-state index contributed by atoms with van der Waals surface area (Å²) in [6, 6.07) is 14.0. The summed E-state index contributed by atoms with van der Waals surface area (Å²) in [5.41, 5.74) is 0.445. The third-order valence-corrected chi connectivity index (χ3v) is 2.54. The molecule has 0 spiro atoms. The van der Waals surface area contributed by atoms with Crippen molar-refractivity contribution in [3.05, 3.63) is 59.2 Å². The van der Waals surface area contributed by atoms with Gasteiger partial charge in [0.25, 0.3) is 0 Å². The van der Waals surface area contributed by atoms with Crippen molar-refractivity contribution in [2.75, 3.05) is 0 Å². The van der Waals surface area contributed by atoms with Crippen molar-refractivity contribution in [3.63, 3.8) is 0 Å². The molecule has 0 N–H and O–H groups in total. The molecule has 0 saturated heterocycles. The minimum atomic E-state index is -1.30. The van der Waals surface area contributed by atoms with Crippen molar-refractivity contribution in [3.8, 4) is 23.6 Å². The summed E-state index contributed by atoms with van der Waals surface area (Å²) in [5, 5.41) is 28.5. The second-order valence-corrected chi connectivity index (χ2v) is 3.85. The van der Waals surface area contributed by atoms with E-state index in [1.807, 2.05) is 12.1 Å². The Kier molecular flexibility index (Phi) is 3.65. The molecule has 96 valence electrons. The lowest BCUT2D eigenvalue weighted by atomic mass is 10.1. The molecule has 0 bridgehead atoms. The summed E-state index contributed by atoms with van der Waals surface area (Å²) in [6.07, 6.45) is 0. The molecule has 2 rings (SSSR count). The fourth-order valence-electron chi connectivity index (χ4n) is 1.60. The van der Waals surface area contributed by atoms with Gasteiger partial charge in [0.1, 0.15) is 23.6 Å². The summed E-state index contributed by atoms with van der Waals surface area (Å²) < 4.78 is 5.46. The van der Waals surface area contributed by atoms with Gasteiger partial charge in [-0.15, -0.1) is 0 Å². The average Bonchev–Trinajstić information content (AvgIpc) is 2.47. The van der Waals surface area contributed by atoms with Crippen LogP contribution in [0.5, 0.6) is 11.5 Å². The van der Waals surface area contributed by atoms with Crippen LogP contribution in [0.25, 0.3) is 0 Å². The summed E-state index contributed by atoms with van der Waals surface area (Å²) >= 11 is 0. The van der Waals surface area contributed by atoms with Crippen molar-refractivity contribution in [2.24, 2.45) is 0 Å². The maximum absolute atomic E-state index is 10.7. The quantitative estimate of drug-likeness (QED) is 0.837. The lowest BCUT2D eigenvalue weighted by Crippen LogP contribution is -2.21. The highest BCUT2D eigenvalue weighted by Crippen LogP contribution is 2.24. The van der Waals surface area contributed by atoms with E-state index in [9.17, 15) is 9.90 Å². The molecule has 0 saturated carbocycles. The van der Waals surface area contributed by atoms with Crippen LogP contribution in [-0.2, 0) is 0 Å². The Balaban J connectivity index is 2.31. The minimum Gasteiger partial charge on any atom is -0.545 e.